The summed E-state index contributed by atoms with van der Waals surface area (Å²) in [5, 5.41) is 4.46. The first-order valence-corrected chi connectivity index (χ1v) is 24.1. The summed E-state index contributed by atoms with van der Waals surface area (Å²) in [5.74, 6) is 1.81. The van der Waals surface area contributed by atoms with Crippen LogP contribution in [0.1, 0.15) is 22.3 Å². The predicted molar refractivity (Wildman–Crippen MR) is 284 cm³/mol. The van der Waals surface area contributed by atoms with Gasteiger partial charge in [-0.25, -0.2) is 15.0 Å². The van der Waals surface area contributed by atoms with Gasteiger partial charge in [0, 0.05) is 47.6 Å². The first kappa shape index (κ1) is 39.4. The highest BCUT2D eigenvalue weighted by Gasteiger charge is 2.46. The van der Waals surface area contributed by atoms with Crippen molar-refractivity contribution in [1.82, 2.24) is 15.0 Å². The zero-order chi connectivity index (χ0) is 45.5. The number of hydrogen-bond donors (Lipinski definition) is 0. The van der Waals surface area contributed by atoms with E-state index < -0.39 is 5.41 Å². The first-order chi connectivity index (χ1) is 34.2. The lowest BCUT2D eigenvalue weighted by molar-refractivity contribution is 0.669. The number of fused-ring (bicyclic) bond motifs is 9. The second kappa shape index (κ2) is 15.7. The largest absolute Gasteiger partial charge is 0.456 e. The van der Waals surface area contributed by atoms with Crippen LogP contribution in [0.4, 0.5) is 0 Å². The van der Waals surface area contributed by atoms with Crippen LogP contribution in [0.15, 0.2) is 241 Å². The lowest BCUT2D eigenvalue weighted by Crippen LogP contribution is -2.28. The minimum absolute atomic E-state index is 0.498. The number of rotatable bonds is 7. The van der Waals surface area contributed by atoms with E-state index in [-0.39, 0.29) is 0 Å². The Bertz CT molecular complexity index is 4080. The zero-order valence-electron chi connectivity index (χ0n) is 37.2. The molecule has 4 nitrogen and oxygen atoms in total. The van der Waals surface area contributed by atoms with Crippen molar-refractivity contribution in [2.24, 2.45) is 0 Å². The molecule has 3 heterocycles. The van der Waals surface area contributed by atoms with Gasteiger partial charge in [-0.3, -0.25) is 0 Å². The van der Waals surface area contributed by atoms with Crippen molar-refractivity contribution in [1.29, 1.82) is 0 Å². The molecule has 0 unspecified atom stereocenters. The Balaban J connectivity index is 0.943. The highest BCUT2D eigenvalue weighted by atomic mass is 32.1. The van der Waals surface area contributed by atoms with Gasteiger partial charge in [-0.15, -0.1) is 11.3 Å². The minimum atomic E-state index is -0.498. The summed E-state index contributed by atoms with van der Waals surface area (Å²) in [4.78, 5) is 15.8. The van der Waals surface area contributed by atoms with E-state index in [1.54, 1.807) is 11.3 Å². The van der Waals surface area contributed by atoms with Crippen LogP contribution in [0.25, 0.3) is 110 Å². The maximum Gasteiger partial charge on any atom is 0.164 e. The third-order valence-electron chi connectivity index (χ3n) is 14.1. The van der Waals surface area contributed by atoms with Gasteiger partial charge in [0.05, 0.1) is 5.41 Å². The highest BCUT2D eigenvalue weighted by molar-refractivity contribution is 7.25. The van der Waals surface area contributed by atoms with Crippen molar-refractivity contribution in [3.05, 3.63) is 259 Å². The SMILES string of the molecule is c1ccc(-c2ccc(-c3nc(-c4ccc5c(c4)sc4ccccc45)nc(-c4cccc5oc6ccc(-c7ccc8c(c7)C(c7ccccc7)(c7ccccc7)c7ccccc7-8)cc6c45)n3)cc2)cc1. The molecule has 0 N–H and O–H groups in total. The molecule has 10 aromatic carbocycles. The predicted octanol–water partition coefficient (Wildman–Crippen LogP) is 16.8. The van der Waals surface area contributed by atoms with E-state index in [9.17, 15) is 0 Å². The molecule has 1 aliphatic rings. The van der Waals surface area contributed by atoms with Crippen molar-refractivity contribution in [3.8, 4) is 67.5 Å². The number of nitrogens with zero attached hydrogens (tertiary/aromatic N) is 3. The van der Waals surface area contributed by atoms with E-state index in [2.05, 4.69) is 218 Å². The molecule has 322 valence electrons. The molecule has 13 aromatic rings. The van der Waals surface area contributed by atoms with Crippen LogP contribution in [0.3, 0.4) is 0 Å². The van der Waals surface area contributed by atoms with Crippen LogP contribution >= 0.6 is 11.3 Å². The van der Waals surface area contributed by atoms with Crippen molar-refractivity contribution in [2.45, 2.75) is 5.41 Å². The maximum atomic E-state index is 6.66. The molecular formula is C64H39N3OS. The second-order valence-corrected chi connectivity index (χ2v) is 18.9. The number of aromatic nitrogens is 3. The zero-order valence-corrected chi connectivity index (χ0v) is 38.0. The third kappa shape index (κ3) is 6.25. The molecule has 0 fully saturated rings. The summed E-state index contributed by atoms with van der Waals surface area (Å²) in [5.41, 5.74) is 15.9. The lowest BCUT2D eigenvalue weighted by atomic mass is 9.67. The number of furan rings is 1. The Kier molecular flexibility index (Phi) is 8.95. The van der Waals surface area contributed by atoms with Crippen LogP contribution < -0.4 is 0 Å². The summed E-state index contributed by atoms with van der Waals surface area (Å²) in [6, 6.07) is 84.7. The quantitative estimate of drug-likeness (QED) is 0.160. The van der Waals surface area contributed by atoms with Gasteiger partial charge in [-0.2, -0.15) is 0 Å². The molecular weight excluding hydrogens is 859 g/mol. The van der Waals surface area contributed by atoms with Crippen molar-refractivity contribution >= 4 is 53.4 Å². The van der Waals surface area contributed by atoms with Gasteiger partial charge in [-0.05, 0) is 92.0 Å². The average Bonchev–Trinajstić information content (AvgIpc) is 4.09. The molecule has 0 saturated carbocycles. The van der Waals surface area contributed by atoms with Crippen molar-refractivity contribution in [2.75, 3.05) is 0 Å². The standard InChI is InChI=1S/C64H39N3OS/c1-4-15-40(16-5-1)41-27-29-42(30-28-41)61-65-62(45-32-35-51-50-22-11-13-26-58(50)69-59(51)39-45)67-63(66-61)52-23-14-25-57-60(52)53-37-43(33-36-56(53)68-57)44-31-34-49-48-21-10-12-24-54(48)64(55(49)38-44,46-17-6-2-7-18-46)47-19-8-3-9-20-47/h1-39H. The Hall–Kier alpha value is -8.77. The number of benzene rings is 10. The fourth-order valence-electron chi connectivity index (χ4n) is 10.9. The molecule has 5 heteroatoms. The topological polar surface area (TPSA) is 51.8 Å². The van der Waals surface area contributed by atoms with Gasteiger partial charge < -0.3 is 4.42 Å². The van der Waals surface area contributed by atoms with Crippen molar-refractivity contribution in [3.63, 3.8) is 0 Å². The first-order valence-electron chi connectivity index (χ1n) is 23.3. The Labute approximate surface area is 402 Å². The fraction of sp³-hybridized carbons (Fsp3) is 0.0156. The molecule has 0 aliphatic heterocycles. The van der Waals surface area contributed by atoms with E-state index in [4.69, 9.17) is 19.4 Å². The van der Waals surface area contributed by atoms with Crippen LogP contribution in [0, 0.1) is 0 Å². The average molecular weight is 898 g/mol. The van der Waals surface area contributed by atoms with Gasteiger partial charge in [0.2, 0.25) is 0 Å². The smallest absolute Gasteiger partial charge is 0.164 e. The molecule has 1 aliphatic carbocycles. The van der Waals surface area contributed by atoms with E-state index in [1.165, 1.54) is 53.6 Å². The summed E-state index contributed by atoms with van der Waals surface area (Å²) in [7, 11) is 0. The molecule has 3 aromatic heterocycles. The monoisotopic (exact) mass is 897 g/mol. The molecule has 14 rings (SSSR count). The number of thiophene rings is 1. The van der Waals surface area contributed by atoms with E-state index in [0.717, 1.165) is 60.9 Å². The normalized spacial score (nSPS) is 12.8. The third-order valence-corrected chi connectivity index (χ3v) is 15.2. The van der Waals surface area contributed by atoms with Gasteiger partial charge in [-0.1, -0.05) is 200 Å². The van der Waals surface area contributed by atoms with E-state index >= 15 is 0 Å². The lowest BCUT2D eigenvalue weighted by Gasteiger charge is -2.34. The Morgan fingerprint density at radius 2 is 0.884 bits per heavy atom. The molecule has 0 amide bonds. The van der Waals surface area contributed by atoms with Crippen LogP contribution in [0.5, 0.6) is 0 Å². The molecule has 0 atom stereocenters. The van der Waals surface area contributed by atoms with Crippen LogP contribution in [0.2, 0.25) is 0 Å². The van der Waals surface area contributed by atoms with Gasteiger partial charge in [0.15, 0.2) is 17.5 Å². The number of hydrogen-bond acceptors (Lipinski definition) is 5. The van der Waals surface area contributed by atoms with E-state index in [1.807, 2.05) is 18.2 Å². The summed E-state index contributed by atoms with van der Waals surface area (Å²) in [6.07, 6.45) is 0. The molecule has 0 saturated heterocycles. The van der Waals surface area contributed by atoms with Crippen LogP contribution in [-0.2, 0) is 5.41 Å². The van der Waals surface area contributed by atoms with Crippen molar-refractivity contribution < 1.29 is 4.42 Å². The Morgan fingerprint density at radius 3 is 1.68 bits per heavy atom. The van der Waals surface area contributed by atoms with E-state index in [0.29, 0.717) is 17.5 Å². The maximum absolute atomic E-state index is 6.66. The van der Waals surface area contributed by atoms with Gasteiger partial charge >= 0.3 is 0 Å². The van der Waals surface area contributed by atoms with Crippen LogP contribution in [-0.4, -0.2) is 15.0 Å². The van der Waals surface area contributed by atoms with Gasteiger partial charge in [0.25, 0.3) is 0 Å². The fourth-order valence-corrected chi connectivity index (χ4v) is 12.0. The molecule has 0 radical (unpaired) electrons. The summed E-state index contributed by atoms with van der Waals surface area (Å²) in [6.45, 7) is 0. The van der Waals surface area contributed by atoms with Gasteiger partial charge in [0.1, 0.15) is 11.2 Å². The molecule has 0 bridgehead atoms. The molecule has 69 heavy (non-hydrogen) atoms. The minimum Gasteiger partial charge on any atom is -0.456 e. The summed E-state index contributed by atoms with van der Waals surface area (Å²) >= 11 is 1.79. The summed E-state index contributed by atoms with van der Waals surface area (Å²) < 4.78 is 9.12. The second-order valence-electron chi connectivity index (χ2n) is 17.8. The highest BCUT2D eigenvalue weighted by Crippen LogP contribution is 2.57. The Morgan fingerprint density at radius 1 is 0.319 bits per heavy atom. The molecule has 0 spiro atoms.